The lowest BCUT2D eigenvalue weighted by Crippen LogP contribution is -2.42. The Labute approximate surface area is 206 Å². The van der Waals surface area contributed by atoms with E-state index < -0.39 is 24.7 Å². The van der Waals surface area contributed by atoms with Gasteiger partial charge in [-0.25, -0.2) is 9.97 Å². The summed E-state index contributed by atoms with van der Waals surface area (Å²) in [5, 5.41) is 5.49. The summed E-state index contributed by atoms with van der Waals surface area (Å²) in [6, 6.07) is 9.08. The third-order valence-corrected chi connectivity index (χ3v) is 5.51. The number of carbonyl (C=O) groups excluding carboxylic acids is 1. The largest absolute Gasteiger partial charge is 0.401 e. The molecule has 0 radical (unpaired) electrons. The Morgan fingerprint density at radius 1 is 1.14 bits per heavy atom. The molecule has 0 saturated heterocycles. The Morgan fingerprint density at radius 3 is 2.67 bits per heavy atom. The molecule has 1 amide bonds. The lowest BCUT2D eigenvalue weighted by molar-refractivity contribution is -0.129. The van der Waals surface area contributed by atoms with Crippen LogP contribution >= 0.6 is 0 Å². The molecule has 11 heteroatoms. The fourth-order valence-electron chi connectivity index (χ4n) is 3.80. The molecule has 3 heterocycles. The molecule has 3 aromatic heterocycles. The second-order valence-electron chi connectivity index (χ2n) is 8.71. The fraction of sp³-hybridized carbons (Fsp3) is 0.280. The predicted octanol–water partition coefficient (Wildman–Crippen LogP) is 4.23. The summed E-state index contributed by atoms with van der Waals surface area (Å²) in [4.78, 5) is 30.7. The minimum Gasteiger partial charge on any atom is -0.345 e. The van der Waals surface area contributed by atoms with Gasteiger partial charge in [-0.1, -0.05) is 24.3 Å². The van der Waals surface area contributed by atoms with Crippen molar-refractivity contribution in [3.63, 3.8) is 0 Å². The third-order valence-electron chi connectivity index (χ3n) is 5.51. The van der Waals surface area contributed by atoms with Crippen molar-refractivity contribution >= 4 is 22.8 Å². The Hall–Kier alpha value is -3.83. The predicted molar refractivity (Wildman–Crippen MR) is 132 cm³/mol. The van der Waals surface area contributed by atoms with E-state index in [1.165, 1.54) is 18.7 Å². The van der Waals surface area contributed by atoms with Gasteiger partial charge in [0.05, 0.1) is 30.7 Å². The molecule has 3 N–H and O–H groups in total. The van der Waals surface area contributed by atoms with Gasteiger partial charge in [0.2, 0.25) is 5.91 Å². The lowest BCUT2D eigenvalue weighted by atomic mass is 9.99. The monoisotopic (exact) mass is 497 g/mol. The molecule has 188 valence electrons. The van der Waals surface area contributed by atoms with Crippen LogP contribution in [0.15, 0.2) is 55.1 Å². The number of halogens is 3. The molecule has 0 aliphatic heterocycles. The summed E-state index contributed by atoms with van der Waals surface area (Å²) >= 11 is 0. The Morgan fingerprint density at radius 2 is 1.92 bits per heavy atom. The molecule has 0 aliphatic rings. The summed E-state index contributed by atoms with van der Waals surface area (Å²) in [6.45, 7) is 0.854. The van der Waals surface area contributed by atoms with Crippen LogP contribution in [0.2, 0.25) is 0 Å². The smallest absolute Gasteiger partial charge is 0.345 e. The van der Waals surface area contributed by atoms with Crippen molar-refractivity contribution < 1.29 is 18.0 Å². The normalized spacial score (nSPS) is 12.8. The second-order valence-corrected chi connectivity index (χ2v) is 8.71. The minimum absolute atomic E-state index is 0.132. The molecule has 0 aliphatic carbocycles. The number of anilines is 1. The van der Waals surface area contributed by atoms with E-state index in [1.807, 2.05) is 38.5 Å². The van der Waals surface area contributed by atoms with Crippen LogP contribution in [-0.2, 0) is 11.3 Å². The number of pyridine rings is 1. The quantitative estimate of drug-likeness (QED) is 0.337. The van der Waals surface area contributed by atoms with E-state index in [9.17, 15) is 18.0 Å². The first-order chi connectivity index (χ1) is 17.1. The summed E-state index contributed by atoms with van der Waals surface area (Å²) in [6.07, 6.45) is 2.05. The van der Waals surface area contributed by atoms with Crippen molar-refractivity contribution in [1.82, 2.24) is 30.2 Å². The molecule has 4 aromatic rings. The van der Waals surface area contributed by atoms with Crippen molar-refractivity contribution in [2.24, 2.45) is 0 Å². The van der Waals surface area contributed by atoms with Crippen molar-refractivity contribution in [1.29, 1.82) is 0 Å². The number of benzene rings is 1. The van der Waals surface area contributed by atoms with Crippen LogP contribution in [0.5, 0.6) is 0 Å². The summed E-state index contributed by atoms with van der Waals surface area (Å²) in [7, 11) is 4.03. The maximum absolute atomic E-state index is 12.4. The molecular formula is C25H26F3N7O. The number of nitrogens with one attached hydrogen (secondary N) is 3. The summed E-state index contributed by atoms with van der Waals surface area (Å²) < 4.78 is 37.3. The van der Waals surface area contributed by atoms with Gasteiger partial charge in [-0.3, -0.25) is 15.1 Å². The molecular weight excluding hydrogens is 471 g/mol. The van der Waals surface area contributed by atoms with Crippen LogP contribution in [0.1, 0.15) is 12.5 Å². The van der Waals surface area contributed by atoms with Gasteiger partial charge in [0, 0.05) is 35.5 Å². The van der Waals surface area contributed by atoms with Crippen LogP contribution in [0.4, 0.5) is 19.0 Å². The van der Waals surface area contributed by atoms with Crippen molar-refractivity contribution in [3.8, 4) is 22.4 Å². The first-order valence-electron chi connectivity index (χ1n) is 11.2. The maximum Gasteiger partial charge on any atom is 0.401 e. The van der Waals surface area contributed by atoms with E-state index in [0.29, 0.717) is 11.3 Å². The van der Waals surface area contributed by atoms with Crippen molar-refractivity contribution in [3.05, 3.63) is 60.7 Å². The van der Waals surface area contributed by atoms with Crippen molar-refractivity contribution in [2.75, 3.05) is 26.0 Å². The number of hydrogen-bond donors (Lipinski definition) is 3. The second kappa shape index (κ2) is 10.4. The maximum atomic E-state index is 12.4. The molecule has 0 spiro atoms. The standard InChI is InChI=1S/C25H26F3N7O/c1-15(32-14-25(26,27)28)24(36)34-22-12-29-11-21(33-22)20-10-31-23-19(20)8-17(9-30-23)18-7-5-4-6-16(18)13-35(2)3/h4-12,15,32H,13-14H2,1-3H3,(H,30,31)(H,33,34,36)/t15-/m1/s1. The average molecular weight is 498 g/mol. The summed E-state index contributed by atoms with van der Waals surface area (Å²) in [5.74, 6) is -0.515. The van der Waals surface area contributed by atoms with Crippen molar-refractivity contribution in [2.45, 2.75) is 25.7 Å². The van der Waals surface area contributed by atoms with Gasteiger partial charge in [0.25, 0.3) is 0 Å². The first-order valence-corrected chi connectivity index (χ1v) is 11.2. The highest BCUT2D eigenvalue weighted by Gasteiger charge is 2.28. The first kappa shape index (κ1) is 25.3. The zero-order valence-electron chi connectivity index (χ0n) is 20.0. The van der Waals surface area contributed by atoms with Gasteiger partial charge in [-0.2, -0.15) is 13.2 Å². The molecule has 1 aromatic carbocycles. The van der Waals surface area contributed by atoms with Gasteiger partial charge >= 0.3 is 6.18 Å². The molecule has 0 bridgehead atoms. The molecule has 8 nitrogen and oxygen atoms in total. The molecule has 1 atom stereocenters. The number of H-pyrrole nitrogens is 1. The van der Waals surface area contributed by atoms with E-state index in [-0.39, 0.29) is 5.82 Å². The van der Waals surface area contributed by atoms with E-state index in [0.717, 1.165) is 28.6 Å². The Balaban J connectivity index is 1.61. The van der Waals surface area contributed by atoms with E-state index in [1.54, 1.807) is 12.4 Å². The Kier molecular flexibility index (Phi) is 7.32. The van der Waals surface area contributed by atoms with Gasteiger partial charge in [-0.05, 0) is 38.2 Å². The molecule has 4 rings (SSSR count). The Bertz CT molecular complexity index is 1370. The zero-order chi connectivity index (χ0) is 25.9. The van der Waals surface area contributed by atoms with Crippen LogP contribution in [-0.4, -0.2) is 63.6 Å². The van der Waals surface area contributed by atoms with Crippen LogP contribution in [0, 0.1) is 0 Å². The van der Waals surface area contributed by atoms with Gasteiger partial charge in [0.15, 0.2) is 5.82 Å². The van der Waals surface area contributed by atoms with E-state index >= 15 is 0 Å². The van der Waals surface area contributed by atoms with Crippen LogP contribution in [0.25, 0.3) is 33.4 Å². The zero-order valence-corrected chi connectivity index (χ0v) is 20.0. The van der Waals surface area contributed by atoms with Gasteiger partial charge in [0.1, 0.15) is 5.65 Å². The number of carbonyl (C=O) groups is 1. The number of aromatic amines is 1. The number of hydrogen-bond acceptors (Lipinski definition) is 6. The van der Waals surface area contributed by atoms with Gasteiger partial charge in [-0.15, -0.1) is 0 Å². The molecule has 0 fully saturated rings. The number of fused-ring (bicyclic) bond motifs is 1. The third kappa shape index (κ3) is 6.04. The van der Waals surface area contributed by atoms with Crippen LogP contribution in [0.3, 0.4) is 0 Å². The minimum atomic E-state index is -4.41. The van der Waals surface area contributed by atoms with Crippen LogP contribution < -0.4 is 10.6 Å². The molecule has 36 heavy (non-hydrogen) atoms. The topological polar surface area (TPSA) is 98.8 Å². The number of aromatic nitrogens is 4. The fourth-order valence-corrected chi connectivity index (χ4v) is 3.80. The number of nitrogens with zero attached hydrogens (tertiary/aromatic N) is 4. The number of alkyl halides is 3. The molecule has 0 unspecified atom stereocenters. The molecule has 0 saturated carbocycles. The average Bonchev–Trinajstić information content (AvgIpc) is 3.25. The van der Waals surface area contributed by atoms with Gasteiger partial charge < -0.3 is 15.2 Å². The van der Waals surface area contributed by atoms with E-state index in [2.05, 4.69) is 47.6 Å². The highest BCUT2D eigenvalue weighted by Crippen LogP contribution is 2.31. The highest BCUT2D eigenvalue weighted by molar-refractivity contribution is 5.96. The number of rotatable bonds is 8. The lowest BCUT2D eigenvalue weighted by Gasteiger charge is -2.15. The number of amides is 1. The highest BCUT2D eigenvalue weighted by atomic mass is 19.4. The van der Waals surface area contributed by atoms with E-state index in [4.69, 9.17) is 0 Å². The SMILES string of the molecule is C[C@@H](NCC(F)(F)F)C(=O)Nc1cncc(-c2c[nH]c3ncc(-c4ccccc4CN(C)C)cc23)n1. The summed E-state index contributed by atoms with van der Waals surface area (Å²) in [5.41, 5.74) is 5.06.